The molecule has 0 heterocycles. The quantitative estimate of drug-likeness (QED) is 0.756. The summed E-state index contributed by atoms with van der Waals surface area (Å²) >= 11 is 0. The minimum absolute atomic E-state index is 0.0136. The average molecular weight is 281 g/mol. The summed E-state index contributed by atoms with van der Waals surface area (Å²) in [4.78, 5) is 0. The van der Waals surface area contributed by atoms with E-state index >= 15 is 0 Å². The third kappa shape index (κ3) is 5.12. The number of hydrogen-bond acceptors (Lipinski definition) is 4. The summed E-state index contributed by atoms with van der Waals surface area (Å²) in [5.41, 5.74) is 7.27. The molecule has 1 aromatic rings. The van der Waals surface area contributed by atoms with Gasteiger partial charge in [-0.15, -0.1) is 0 Å². The summed E-state index contributed by atoms with van der Waals surface area (Å²) in [7, 11) is 1.66. The first-order chi connectivity index (χ1) is 9.62. The van der Waals surface area contributed by atoms with E-state index in [0.717, 1.165) is 17.7 Å². The Morgan fingerprint density at radius 2 is 1.80 bits per heavy atom. The van der Waals surface area contributed by atoms with Crippen LogP contribution in [0.25, 0.3) is 0 Å². The van der Waals surface area contributed by atoms with E-state index in [4.69, 9.17) is 19.9 Å². The first kappa shape index (κ1) is 17.0. The smallest absolute Gasteiger partial charge is 0.118 e. The van der Waals surface area contributed by atoms with Crippen molar-refractivity contribution >= 4 is 0 Å². The Morgan fingerprint density at radius 1 is 1.15 bits per heavy atom. The van der Waals surface area contributed by atoms with Gasteiger partial charge in [-0.05, 0) is 38.0 Å². The maximum absolute atomic E-state index is 6.20. The summed E-state index contributed by atoms with van der Waals surface area (Å²) in [6.07, 6.45) is 0.749. The van der Waals surface area contributed by atoms with E-state index in [1.807, 2.05) is 38.1 Å². The van der Waals surface area contributed by atoms with E-state index < -0.39 is 0 Å². The topological polar surface area (TPSA) is 53.7 Å². The molecular formula is C16H27NO3. The fraction of sp³-hybridized carbons (Fsp3) is 0.625. The Hall–Kier alpha value is -1.10. The molecule has 3 atom stereocenters. The SMILES string of the molecule is CCOCC(C)OC(c1ccc(OC)cc1)C(N)CC. The molecule has 1 aromatic carbocycles. The Labute approximate surface area is 122 Å². The van der Waals surface area contributed by atoms with Gasteiger partial charge in [-0.2, -0.15) is 0 Å². The van der Waals surface area contributed by atoms with Gasteiger partial charge < -0.3 is 19.9 Å². The van der Waals surface area contributed by atoms with Crippen LogP contribution in [0.15, 0.2) is 24.3 Å². The molecule has 0 aliphatic carbocycles. The molecule has 4 nitrogen and oxygen atoms in total. The van der Waals surface area contributed by atoms with Gasteiger partial charge in [0.25, 0.3) is 0 Å². The van der Waals surface area contributed by atoms with Crippen LogP contribution in [0.3, 0.4) is 0 Å². The molecule has 0 aliphatic heterocycles. The summed E-state index contributed by atoms with van der Waals surface area (Å²) in [6, 6.07) is 7.84. The van der Waals surface area contributed by atoms with Crippen LogP contribution in [0.2, 0.25) is 0 Å². The van der Waals surface area contributed by atoms with Crippen molar-refractivity contribution in [3.63, 3.8) is 0 Å². The third-order valence-corrected chi connectivity index (χ3v) is 3.24. The van der Waals surface area contributed by atoms with Crippen molar-refractivity contribution in [2.24, 2.45) is 5.73 Å². The number of methoxy groups -OCH3 is 1. The van der Waals surface area contributed by atoms with Crippen molar-refractivity contribution in [1.29, 1.82) is 0 Å². The highest BCUT2D eigenvalue weighted by atomic mass is 16.5. The number of nitrogens with two attached hydrogens (primary N) is 1. The maximum atomic E-state index is 6.20. The first-order valence-electron chi connectivity index (χ1n) is 7.25. The van der Waals surface area contributed by atoms with Crippen molar-refractivity contribution in [2.45, 2.75) is 45.4 Å². The second-order valence-corrected chi connectivity index (χ2v) is 4.87. The van der Waals surface area contributed by atoms with E-state index in [2.05, 4.69) is 6.92 Å². The minimum Gasteiger partial charge on any atom is -0.497 e. The number of ether oxygens (including phenoxy) is 3. The van der Waals surface area contributed by atoms with Gasteiger partial charge in [0, 0.05) is 12.6 Å². The van der Waals surface area contributed by atoms with E-state index in [1.54, 1.807) is 7.11 Å². The lowest BCUT2D eigenvalue weighted by molar-refractivity contribution is -0.0574. The van der Waals surface area contributed by atoms with Crippen LogP contribution in [0.1, 0.15) is 38.9 Å². The third-order valence-electron chi connectivity index (χ3n) is 3.24. The zero-order chi connectivity index (χ0) is 15.0. The molecule has 4 heteroatoms. The minimum atomic E-state index is -0.124. The summed E-state index contributed by atoms with van der Waals surface area (Å²) < 4.78 is 16.6. The molecule has 0 spiro atoms. The highest BCUT2D eigenvalue weighted by molar-refractivity contribution is 5.29. The molecule has 2 N–H and O–H groups in total. The van der Waals surface area contributed by atoms with E-state index in [1.165, 1.54) is 0 Å². The normalized spacial score (nSPS) is 15.7. The fourth-order valence-electron chi connectivity index (χ4n) is 2.01. The standard InChI is InChI=1S/C16H27NO3/c1-5-15(17)16(20-12(3)11-19-6-2)13-7-9-14(18-4)10-8-13/h7-10,12,15-16H,5-6,11,17H2,1-4H3. The molecule has 0 aliphatic rings. The average Bonchev–Trinajstić information content (AvgIpc) is 2.50. The Morgan fingerprint density at radius 3 is 2.30 bits per heavy atom. The molecule has 0 amide bonds. The molecule has 0 fully saturated rings. The summed E-state index contributed by atoms with van der Waals surface area (Å²) in [5.74, 6) is 0.833. The molecule has 3 unspecified atom stereocenters. The van der Waals surface area contributed by atoms with Gasteiger partial charge >= 0.3 is 0 Å². The van der Waals surface area contributed by atoms with Gasteiger partial charge in [-0.3, -0.25) is 0 Å². The Bertz CT molecular complexity index is 366. The monoisotopic (exact) mass is 281 g/mol. The zero-order valence-corrected chi connectivity index (χ0v) is 13.0. The van der Waals surface area contributed by atoms with E-state index in [9.17, 15) is 0 Å². The first-order valence-corrected chi connectivity index (χ1v) is 7.25. The van der Waals surface area contributed by atoms with Crippen molar-refractivity contribution < 1.29 is 14.2 Å². The van der Waals surface area contributed by atoms with Gasteiger partial charge in [0.2, 0.25) is 0 Å². The highest BCUT2D eigenvalue weighted by Crippen LogP contribution is 2.25. The summed E-state index contributed by atoms with van der Waals surface area (Å²) in [5, 5.41) is 0. The van der Waals surface area contributed by atoms with Crippen LogP contribution >= 0.6 is 0 Å². The van der Waals surface area contributed by atoms with Crippen molar-refractivity contribution in [2.75, 3.05) is 20.3 Å². The molecule has 0 aromatic heterocycles. The van der Waals surface area contributed by atoms with Crippen LogP contribution in [0.4, 0.5) is 0 Å². The van der Waals surface area contributed by atoms with Crippen molar-refractivity contribution in [3.8, 4) is 5.75 Å². The lowest BCUT2D eigenvalue weighted by Gasteiger charge is -2.27. The number of rotatable bonds is 9. The Kier molecular flexibility index (Phi) is 7.59. The predicted octanol–water partition coefficient (Wildman–Crippen LogP) is 2.92. The van der Waals surface area contributed by atoms with Gasteiger partial charge in [0.05, 0.1) is 25.9 Å². The lowest BCUT2D eigenvalue weighted by atomic mass is 10.0. The Balaban J connectivity index is 2.77. The van der Waals surface area contributed by atoms with E-state index in [-0.39, 0.29) is 18.2 Å². The molecule has 114 valence electrons. The molecule has 20 heavy (non-hydrogen) atoms. The van der Waals surface area contributed by atoms with Crippen LogP contribution in [-0.2, 0) is 9.47 Å². The number of benzene rings is 1. The fourth-order valence-corrected chi connectivity index (χ4v) is 2.01. The highest BCUT2D eigenvalue weighted by Gasteiger charge is 2.22. The second-order valence-electron chi connectivity index (χ2n) is 4.87. The maximum Gasteiger partial charge on any atom is 0.118 e. The van der Waals surface area contributed by atoms with Crippen molar-refractivity contribution in [3.05, 3.63) is 29.8 Å². The number of hydrogen-bond donors (Lipinski definition) is 1. The predicted molar refractivity (Wildman–Crippen MR) is 81.0 cm³/mol. The van der Waals surface area contributed by atoms with Gasteiger partial charge in [0.1, 0.15) is 5.75 Å². The van der Waals surface area contributed by atoms with Gasteiger partial charge in [-0.25, -0.2) is 0 Å². The van der Waals surface area contributed by atoms with Crippen LogP contribution in [0.5, 0.6) is 5.75 Å². The summed E-state index contributed by atoms with van der Waals surface area (Å²) in [6.45, 7) is 7.33. The molecule has 0 saturated heterocycles. The van der Waals surface area contributed by atoms with Crippen molar-refractivity contribution in [1.82, 2.24) is 0 Å². The lowest BCUT2D eigenvalue weighted by Crippen LogP contribution is -2.33. The molecule has 1 rings (SSSR count). The molecule has 0 saturated carbocycles. The van der Waals surface area contributed by atoms with Crippen LogP contribution < -0.4 is 10.5 Å². The van der Waals surface area contributed by atoms with Gasteiger partial charge in [0.15, 0.2) is 0 Å². The molecular weight excluding hydrogens is 254 g/mol. The van der Waals surface area contributed by atoms with Crippen LogP contribution in [-0.4, -0.2) is 32.5 Å². The molecule has 0 radical (unpaired) electrons. The zero-order valence-electron chi connectivity index (χ0n) is 13.0. The van der Waals surface area contributed by atoms with Crippen LogP contribution in [0, 0.1) is 0 Å². The molecule has 0 bridgehead atoms. The van der Waals surface area contributed by atoms with E-state index in [0.29, 0.717) is 13.2 Å². The largest absolute Gasteiger partial charge is 0.497 e. The van der Waals surface area contributed by atoms with Gasteiger partial charge in [-0.1, -0.05) is 19.1 Å². The second kappa shape index (κ2) is 8.95.